The van der Waals surface area contributed by atoms with Crippen LogP contribution in [-0.4, -0.2) is 62.3 Å². The van der Waals surface area contributed by atoms with E-state index < -0.39 is 15.8 Å². The highest BCUT2D eigenvalue weighted by Crippen LogP contribution is 2.24. The number of amides is 1. The fraction of sp³-hybridized carbons (Fsp3) is 0.480. The summed E-state index contributed by atoms with van der Waals surface area (Å²) in [6.07, 6.45) is 1.80. The number of hydrogen-bond donors (Lipinski definition) is 1. The molecule has 0 bridgehead atoms. The Morgan fingerprint density at radius 3 is 2.24 bits per heavy atom. The summed E-state index contributed by atoms with van der Waals surface area (Å²) in [6.45, 7) is 7.18. The number of carbonyl (C=O) groups is 1. The molecule has 180 valence electrons. The van der Waals surface area contributed by atoms with Gasteiger partial charge in [0.1, 0.15) is 5.82 Å². The van der Waals surface area contributed by atoms with Crippen LogP contribution in [0.5, 0.6) is 0 Å². The van der Waals surface area contributed by atoms with E-state index in [0.717, 1.165) is 31.6 Å². The number of piperidine rings is 1. The Bertz CT molecular complexity index is 987. The maximum atomic E-state index is 13.1. The number of nitrogens with one attached hydrogen (secondary N) is 1. The Morgan fingerprint density at radius 1 is 1.06 bits per heavy atom. The zero-order valence-electron chi connectivity index (χ0n) is 19.4. The van der Waals surface area contributed by atoms with E-state index in [2.05, 4.69) is 36.2 Å². The Kier molecular flexibility index (Phi) is 9.00. The van der Waals surface area contributed by atoms with Gasteiger partial charge in [-0.25, -0.2) is 12.8 Å². The molecular formula is C25H34FN3O3S. The molecule has 8 heteroatoms. The van der Waals surface area contributed by atoms with Crippen LogP contribution in [0.3, 0.4) is 0 Å². The summed E-state index contributed by atoms with van der Waals surface area (Å²) in [5.41, 5.74) is 1.24. The van der Waals surface area contributed by atoms with Crippen molar-refractivity contribution in [2.24, 2.45) is 5.92 Å². The molecule has 0 aliphatic carbocycles. The quantitative estimate of drug-likeness (QED) is 0.573. The normalized spacial score (nSPS) is 16.6. The fourth-order valence-electron chi connectivity index (χ4n) is 4.43. The van der Waals surface area contributed by atoms with E-state index in [1.165, 1.54) is 22.0 Å². The standard InChI is InChI=1S/C25H34FN3O3S/c1-3-28(4-2)23(18-20-8-6-5-7-9-20)19-27-25(30)21-14-16-29(17-15-21)33(31,32)24-12-10-22(26)11-13-24/h5-13,21,23H,3-4,14-19H2,1-2H3,(H,27,30). The van der Waals surface area contributed by atoms with Gasteiger partial charge in [-0.15, -0.1) is 0 Å². The molecule has 0 radical (unpaired) electrons. The molecule has 1 atom stereocenters. The molecule has 0 spiro atoms. The topological polar surface area (TPSA) is 69.7 Å². The molecule has 1 saturated heterocycles. The first-order chi connectivity index (χ1) is 15.8. The van der Waals surface area contributed by atoms with Crippen LogP contribution in [0.4, 0.5) is 4.39 Å². The highest BCUT2D eigenvalue weighted by Gasteiger charge is 2.32. The second-order valence-corrected chi connectivity index (χ2v) is 10.4. The van der Waals surface area contributed by atoms with Gasteiger partial charge in [-0.05, 0) is 62.2 Å². The van der Waals surface area contributed by atoms with E-state index in [1.54, 1.807) is 0 Å². The first kappa shape index (κ1) is 25.3. The minimum absolute atomic E-state index is 0.0148. The lowest BCUT2D eigenvalue weighted by molar-refractivity contribution is -0.126. The fourth-order valence-corrected chi connectivity index (χ4v) is 5.90. The van der Waals surface area contributed by atoms with Crippen LogP contribution in [-0.2, 0) is 21.2 Å². The molecule has 1 fully saturated rings. The average Bonchev–Trinajstić information content (AvgIpc) is 2.84. The third-order valence-corrected chi connectivity index (χ3v) is 8.34. The molecule has 6 nitrogen and oxygen atoms in total. The van der Waals surface area contributed by atoms with Crippen LogP contribution in [0.1, 0.15) is 32.3 Å². The van der Waals surface area contributed by atoms with Crippen molar-refractivity contribution in [1.82, 2.24) is 14.5 Å². The molecule has 2 aromatic carbocycles. The van der Waals surface area contributed by atoms with Crippen molar-refractivity contribution in [3.05, 3.63) is 66.0 Å². The van der Waals surface area contributed by atoms with Crippen molar-refractivity contribution < 1.29 is 17.6 Å². The highest BCUT2D eigenvalue weighted by molar-refractivity contribution is 7.89. The van der Waals surface area contributed by atoms with Crippen LogP contribution >= 0.6 is 0 Å². The number of benzene rings is 2. The molecular weight excluding hydrogens is 441 g/mol. The molecule has 2 aromatic rings. The second-order valence-electron chi connectivity index (χ2n) is 8.44. The van der Waals surface area contributed by atoms with Gasteiger partial charge in [0.05, 0.1) is 4.90 Å². The van der Waals surface area contributed by atoms with Crippen molar-refractivity contribution in [3.63, 3.8) is 0 Å². The van der Waals surface area contributed by atoms with E-state index in [4.69, 9.17) is 0 Å². The molecule has 0 aromatic heterocycles. The Hall–Kier alpha value is -2.29. The van der Waals surface area contributed by atoms with E-state index in [1.807, 2.05) is 18.2 Å². The number of sulfonamides is 1. The minimum atomic E-state index is -3.68. The Labute approximate surface area is 196 Å². The van der Waals surface area contributed by atoms with Crippen molar-refractivity contribution in [2.75, 3.05) is 32.7 Å². The smallest absolute Gasteiger partial charge is 0.243 e. The van der Waals surface area contributed by atoms with E-state index in [0.29, 0.717) is 19.4 Å². The third-order valence-electron chi connectivity index (χ3n) is 6.43. The number of likely N-dealkylation sites (N-methyl/N-ethyl adjacent to an activating group) is 1. The maximum absolute atomic E-state index is 13.1. The molecule has 1 heterocycles. The monoisotopic (exact) mass is 475 g/mol. The van der Waals surface area contributed by atoms with E-state index in [-0.39, 0.29) is 35.9 Å². The molecule has 3 rings (SSSR count). The first-order valence-corrected chi connectivity index (χ1v) is 13.1. The third kappa shape index (κ3) is 6.62. The van der Waals surface area contributed by atoms with Gasteiger partial charge in [0, 0.05) is 31.6 Å². The number of hydrogen-bond acceptors (Lipinski definition) is 4. The van der Waals surface area contributed by atoms with Gasteiger partial charge in [-0.3, -0.25) is 9.69 Å². The summed E-state index contributed by atoms with van der Waals surface area (Å²) in [7, 11) is -3.68. The zero-order valence-corrected chi connectivity index (χ0v) is 20.2. The number of halogens is 1. The van der Waals surface area contributed by atoms with E-state index >= 15 is 0 Å². The van der Waals surface area contributed by atoms with Crippen LogP contribution in [0.2, 0.25) is 0 Å². The maximum Gasteiger partial charge on any atom is 0.243 e. The lowest BCUT2D eigenvalue weighted by Crippen LogP contribution is -2.48. The van der Waals surface area contributed by atoms with Crippen molar-refractivity contribution in [3.8, 4) is 0 Å². The first-order valence-electron chi connectivity index (χ1n) is 11.7. The van der Waals surface area contributed by atoms with Gasteiger partial charge >= 0.3 is 0 Å². The van der Waals surface area contributed by atoms with Crippen molar-refractivity contribution >= 4 is 15.9 Å². The lowest BCUT2D eigenvalue weighted by atomic mass is 9.97. The van der Waals surface area contributed by atoms with Gasteiger partial charge in [0.2, 0.25) is 15.9 Å². The number of rotatable bonds is 10. The predicted molar refractivity (Wildman–Crippen MR) is 128 cm³/mol. The van der Waals surface area contributed by atoms with Gasteiger partial charge in [0.25, 0.3) is 0 Å². The second kappa shape index (κ2) is 11.7. The molecule has 1 unspecified atom stereocenters. The van der Waals surface area contributed by atoms with Gasteiger partial charge < -0.3 is 5.32 Å². The largest absolute Gasteiger partial charge is 0.354 e. The molecule has 33 heavy (non-hydrogen) atoms. The summed E-state index contributed by atoms with van der Waals surface area (Å²) < 4.78 is 40.1. The van der Waals surface area contributed by atoms with Gasteiger partial charge in [-0.1, -0.05) is 44.2 Å². The summed E-state index contributed by atoms with van der Waals surface area (Å²) >= 11 is 0. The molecule has 1 aliphatic heterocycles. The van der Waals surface area contributed by atoms with Crippen LogP contribution in [0.15, 0.2) is 59.5 Å². The summed E-state index contributed by atoms with van der Waals surface area (Å²) in [4.78, 5) is 15.3. The summed E-state index contributed by atoms with van der Waals surface area (Å²) in [6, 6.07) is 15.3. The number of carbonyl (C=O) groups excluding carboxylic acids is 1. The van der Waals surface area contributed by atoms with Crippen LogP contribution in [0, 0.1) is 11.7 Å². The SMILES string of the molecule is CCN(CC)C(CNC(=O)C1CCN(S(=O)(=O)c2ccc(F)cc2)CC1)Cc1ccccc1. The Balaban J connectivity index is 1.55. The summed E-state index contributed by atoms with van der Waals surface area (Å²) in [5, 5.41) is 3.12. The van der Waals surface area contributed by atoms with Gasteiger partial charge in [0.15, 0.2) is 0 Å². The predicted octanol–water partition coefficient (Wildman–Crippen LogP) is 3.30. The molecule has 1 amide bonds. The Morgan fingerprint density at radius 2 is 1.67 bits per heavy atom. The van der Waals surface area contributed by atoms with E-state index in [9.17, 15) is 17.6 Å². The zero-order chi connectivity index (χ0) is 23.8. The molecule has 0 saturated carbocycles. The number of nitrogens with zero attached hydrogens (tertiary/aromatic N) is 2. The minimum Gasteiger partial charge on any atom is -0.354 e. The van der Waals surface area contributed by atoms with Crippen molar-refractivity contribution in [1.29, 1.82) is 0 Å². The highest BCUT2D eigenvalue weighted by atomic mass is 32.2. The molecule has 1 aliphatic rings. The average molecular weight is 476 g/mol. The lowest BCUT2D eigenvalue weighted by Gasteiger charge is -2.32. The van der Waals surface area contributed by atoms with Gasteiger partial charge in [-0.2, -0.15) is 4.31 Å². The summed E-state index contributed by atoms with van der Waals surface area (Å²) in [5.74, 6) is -0.697. The molecule has 1 N–H and O–H groups in total. The van der Waals surface area contributed by atoms with Crippen LogP contribution < -0.4 is 5.32 Å². The van der Waals surface area contributed by atoms with Crippen LogP contribution in [0.25, 0.3) is 0 Å². The van der Waals surface area contributed by atoms with Crippen molar-refractivity contribution in [2.45, 2.75) is 44.0 Å².